The molecule has 2 unspecified atom stereocenters. The molecule has 0 spiro atoms. The first kappa shape index (κ1) is 29.6. The van der Waals surface area contributed by atoms with Crippen LogP contribution in [0.1, 0.15) is 91.9 Å². The average Bonchev–Trinajstić information content (AvgIpc) is 2.90. The van der Waals surface area contributed by atoms with Crippen LogP contribution in [0.3, 0.4) is 0 Å². The summed E-state index contributed by atoms with van der Waals surface area (Å²) in [6.07, 6.45) is 11.5. The molecule has 0 bridgehead atoms. The molecule has 4 heteroatoms. The summed E-state index contributed by atoms with van der Waals surface area (Å²) in [5.74, 6) is 6.77. The molecule has 202 valence electrons. The van der Waals surface area contributed by atoms with Crippen molar-refractivity contribution < 1.29 is 13.9 Å². The summed E-state index contributed by atoms with van der Waals surface area (Å²) in [6, 6.07) is 21.7. The van der Waals surface area contributed by atoms with Gasteiger partial charge in [-0.25, -0.2) is 0 Å². The number of unbranched alkanes of at least 4 members (excludes halogenated alkanes) is 4. The first-order chi connectivity index (χ1) is 17.9. The molecule has 0 saturated carbocycles. The molecule has 0 amide bonds. The highest BCUT2D eigenvalue weighted by molar-refractivity contribution is 6.99. The summed E-state index contributed by atoms with van der Waals surface area (Å²) in [7, 11) is -2.45. The molecular formula is C33H48O3Si. The van der Waals surface area contributed by atoms with Crippen molar-refractivity contribution in [3.63, 3.8) is 0 Å². The topological polar surface area (TPSA) is 27.7 Å². The van der Waals surface area contributed by atoms with Crippen LogP contribution < -0.4 is 10.4 Å². The summed E-state index contributed by atoms with van der Waals surface area (Å²) >= 11 is 0. The minimum absolute atomic E-state index is 0.00903. The van der Waals surface area contributed by atoms with Gasteiger partial charge in [0.05, 0.1) is 6.10 Å². The molecule has 1 aliphatic heterocycles. The van der Waals surface area contributed by atoms with E-state index in [9.17, 15) is 0 Å². The number of rotatable bonds is 13. The summed E-state index contributed by atoms with van der Waals surface area (Å²) in [5, 5.41) is 2.66. The quantitative estimate of drug-likeness (QED) is 0.158. The maximum Gasteiger partial charge on any atom is 0.261 e. The van der Waals surface area contributed by atoms with Gasteiger partial charge in [0, 0.05) is 26.1 Å². The van der Waals surface area contributed by atoms with Crippen molar-refractivity contribution in [2.75, 3.05) is 13.2 Å². The molecule has 2 atom stereocenters. The van der Waals surface area contributed by atoms with Crippen molar-refractivity contribution in [1.29, 1.82) is 0 Å². The number of hydrogen-bond acceptors (Lipinski definition) is 3. The lowest BCUT2D eigenvalue weighted by atomic mass is 10.1. The van der Waals surface area contributed by atoms with Gasteiger partial charge in [0.25, 0.3) is 8.32 Å². The number of ether oxygens (including phenoxy) is 2. The van der Waals surface area contributed by atoms with Crippen LogP contribution in [0.25, 0.3) is 0 Å². The average molecular weight is 521 g/mol. The normalized spacial score (nSPS) is 17.1. The predicted molar refractivity (Wildman–Crippen MR) is 158 cm³/mol. The molecule has 0 N–H and O–H groups in total. The number of hydrogen-bond donors (Lipinski definition) is 0. The monoisotopic (exact) mass is 520 g/mol. The van der Waals surface area contributed by atoms with Gasteiger partial charge in [-0.2, -0.15) is 0 Å². The maximum absolute atomic E-state index is 6.92. The van der Waals surface area contributed by atoms with Gasteiger partial charge in [-0.3, -0.25) is 0 Å². The Morgan fingerprint density at radius 1 is 0.865 bits per heavy atom. The summed E-state index contributed by atoms with van der Waals surface area (Å²) in [6.45, 7) is 10.7. The molecular weight excluding hydrogens is 472 g/mol. The van der Waals surface area contributed by atoms with Gasteiger partial charge in [-0.1, -0.05) is 101 Å². The zero-order valence-electron chi connectivity index (χ0n) is 23.6. The lowest BCUT2D eigenvalue weighted by Crippen LogP contribution is -2.66. The van der Waals surface area contributed by atoms with Crippen molar-refractivity contribution in [2.24, 2.45) is 0 Å². The van der Waals surface area contributed by atoms with E-state index in [1.54, 1.807) is 0 Å². The third-order valence-corrected chi connectivity index (χ3v) is 12.3. The molecule has 2 aromatic rings. The van der Waals surface area contributed by atoms with Crippen LogP contribution in [0.2, 0.25) is 5.04 Å². The highest BCUT2D eigenvalue weighted by Gasteiger charge is 2.49. The van der Waals surface area contributed by atoms with Gasteiger partial charge in [-0.15, -0.1) is 11.8 Å². The molecule has 1 heterocycles. The van der Waals surface area contributed by atoms with E-state index in [1.165, 1.54) is 48.9 Å². The standard InChI is InChI=1S/C33H48O3Si/c1-29(36-32-26-18-20-27-34-32)21-13-9-7-5-6-8-10-19-28-35-37(33(2,3)4,30-22-14-11-15-23-30)31-24-16-12-17-25-31/h11-12,14-17,22-25,29,32H,5-7,9,13,18-21,26-28H2,1-4H3. The Balaban J connectivity index is 1.40. The van der Waals surface area contributed by atoms with Gasteiger partial charge in [0.2, 0.25) is 0 Å². The minimum Gasteiger partial charge on any atom is -0.406 e. The summed E-state index contributed by atoms with van der Waals surface area (Å²) < 4.78 is 18.6. The molecule has 0 aromatic heterocycles. The van der Waals surface area contributed by atoms with Gasteiger partial charge in [0.1, 0.15) is 0 Å². The van der Waals surface area contributed by atoms with E-state index in [0.717, 1.165) is 32.3 Å². The Morgan fingerprint density at radius 2 is 1.49 bits per heavy atom. The lowest BCUT2D eigenvalue weighted by molar-refractivity contribution is -0.185. The van der Waals surface area contributed by atoms with Crippen LogP contribution in [0.5, 0.6) is 0 Å². The summed E-state index contributed by atoms with van der Waals surface area (Å²) in [5.41, 5.74) is 0. The SMILES string of the molecule is CC(CCCCCCC#CCCO[Si](c1ccccc1)(c1ccccc1)C(C)(C)C)OC1CCCCO1. The molecule has 3 nitrogen and oxygen atoms in total. The fraction of sp³-hybridized carbons (Fsp3) is 0.576. The highest BCUT2D eigenvalue weighted by Crippen LogP contribution is 2.36. The van der Waals surface area contributed by atoms with Crippen LogP contribution in [-0.4, -0.2) is 33.9 Å². The van der Waals surface area contributed by atoms with Crippen molar-refractivity contribution in [2.45, 2.75) is 109 Å². The summed E-state index contributed by atoms with van der Waals surface area (Å²) in [4.78, 5) is 0. The van der Waals surface area contributed by atoms with Gasteiger partial charge in [0.15, 0.2) is 6.29 Å². The van der Waals surface area contributed by atoms with Crippen LogP contribution in [0.15, 0.2) is 60.7 Å². The van der Waals surface area contributed by atoms with Crippen LogP contribution in [0, 0.1) is 11.8 Å². The van der Waals surface area contributed by atoms with E-state index < -0.39 is 8.32 Å². The Kier molecular flexibility index (Phi) is 12.4. The Bertz CT molecular complexity index is 897. The zero-order chi connectivity index (χ0) is 26.4. The van der Waals surface area contributed by atoms with Crippen LogP contribution in [-0.2, 0) is 13.9 Å². The van der Waals surface area contributed by atoms with E-state index >= 15 is 0 Å². The predicted octanol–water partition coefficient (Wildman–Crippen LogP) is 7.23. The maximum atomic E-state index is 6.92. The Morgan fingerprint density at radius 3 is 2.08 bits per heavy atom. The number of benzene rings is 2. The van der Waals surface area contributed by atoms with Crippen molar-refractivity contribution in [3.05, 3.63) is 60.7 Å². The first-order valence-electron chi connectivity index (χ1n) is 14.4. The van der Waals surface area contributed by atoms with E-state index in [-0.39, 0.29) is 11.3 Å². The van der Waals surface area contributed by atoms with E-state index in [1.807, 2.05) is 0 Å². The Hall–Kier alpha value is -1.90. The fourth-order valence-electron chi connectivity index (χ4n) is 5.34. The molecule has 37 heavy (non-hydrogen) atoms. The molecule has 0 radical (unpaired) electrons. The van der Waals surface area contributed by atoms with Crippen molar-refractivity contribution in [3.8, 4) is 11.8 Å². The fourth-order valence-corrected chi connectivity index (χ4v) is 9.90. The third-order valence-electron chi connectivity index (χ3n) is 7.27. The smallest absolute Gasteiger partial charge is 0.261 e. The molecule has 3 rings (SSSR count). The largest absolute Gasteiger partial charge is 0.406 e. The second kappa shape index (κ2) is 15.5. The minimum atomic E-state index is -2.45. The molecule has 2 aromatic carbocycles. The highest BCUT2D eigenvalue weighted by atomic mass is 28.4. The van der Waals surface area contributed by atoms with E-state index in [4.69, 9.17) is 13.9 Å². The van der Waals surface area contributed by atoms with Crippen LogP contribution >= 0.6 is 0 Å². The molecule has 0 aliphatic carbocycles. The Labute approximate surface area is 227 Å². The third kappa shape index (κ3) is 9.11. The zero-order valence-corrected chi connectivity index (χ0v) is 24.6. The van der Waals surface area contributed by atoms with Gasteiger partial charge in [-0.05, 0) is 54.4 Å². The van der Waals surface area contributed by atoms with Crippen LogP contribution in [0.4, 0.5) is 0 Å². The van der Waals surface area contributed by atoms with E-state index in [2.05, 4.69) is 100 Å². The van der Waals surface area contributed by atoms with Crippen molar-refractivity contribution >= 4 is 18.7 Å². The molecule has 1 saturated heterocycles. The van der Waals surface area contributed by atoms with Gasteiger partial charge >= 0.3 is 0 Å². The van der Waals surface area contributed by atoms with E-state index in [0.29, 0.717) is 12.7 Å². The van der Waals surface area contributed by atoms with Gasteiger partial charge < -0.3 is 13.9 Å². The second-order valence-electron chi connectivity index (χ2n) is 11.3. The molecule has 1 aliphatic rings. The molecule has 1 fully saturated rings. The lowest BCUT2D eigenvalue weighted by Gasteiger charge is -2.43. The van der Waals surface area contributed by atoms with Crippen molar-refractivity contribution in [1.82, 2.24) is 0 Å². The second-order valence-corrected chi connectivity index (χ2v) is 15.6. The first-order valence-corrected chi connectivity index (χ1v) is 16.3.